The average molecular weight is 371 g/mol. The summed E-state index contributed by atoms with van der Waals surface area (Å²) in [5.74, 6) is -0.00936. The highest BCUT2D eigenvalue weighted by molar-refractivity contribution is 7.13. The number of amides is 1. The Bertz CT molecular complexity index is 967. The van der Waals surface area contributed by atoms with Crippen molar-refractivity contribution in [1.29, 1.82) is 0 Å². The smallest absolute Gasteiger partial charge is 0.329 e. The first kappa shape index (κ1) is 16.8. The number of aromatic nitrogens is 3. The average Bonchev–Trinajstić information content (AvgIpc) is 3.29. The van der Waals surface area contributed by atoms with Crippen LogP contribution >= 0.6 is 11.3 Å². The Morgan fingerprint density at radius 1 is 1.12 bits per heavy atom. The second-order valence-electron chi connectivity index (χ2n) is 6.28. The summed E-state index contributed by atoms with van der Waals surface area (Å²) in [7, 11) is 0. The second-order valence-corrected chi connectivity index (χ2v) is 7.16. The molecule has 0 aliphatic carbocycles. The molecule has 1 aliphatic heterocycles. The van der Waals surface area contributed by atoms with Crippen LogP contribution in [0.3, 0.4) is 0 Å². The Hall–Kier alpha value is -2.61. The summed E-state index contributed by atoms with van der Waals surface area (Å²) in [5, 5.41) is 2.96. The number of anilines is 1. The third kappa shape index (κ3) is 2.90. The fraction of sp³-hybridized carbons (Fsp3) is 0.389. The lowest BCUT2D eigenvalue weighted by Crippen LogP contribution is -2.50. The van der Waals surface area contributed by atoms with E-state index in [1.807, 2.05) is 41.5 Å². The number of para-hydroxylation sites is 2. The first-order chi connectivity index (χ1) is 12.7. The molecule has 2 aromatic heterocycles. The van der Waals surface area contributed by atoms with E-state index in [1.54, 1.807) is 26.7 Å². The minimum absolute atomic E-state index is 0.00936. The van der Waals surface area contributed by atoms with E-state index in [1.165, 1.54) is 0 Å². The SMILES string of the molecule is CCn1c(=O)n(CC(=O)N2CCN(c3nccs3)CC2)c2ccccc21. The Kier molecular flexibility index (Phi) is 4.50. The molecule has 1 aliphatic rings. The van der Waals surface area contributed by atoms with Crippen molar-refractivity contribution in [3.63, 3.8) is 0 Å². The zero-order valence-electron chi connectivity index (χ0n) is 14.7. The van der Waals surface area contributed by atoms with Gasteiger partial charge >= 0.3 is 5.69 Å². The molecule has 0 saturated carbocycles. The van der Waals surface area contributed by atoms with Crippen molar-refractivity contribution in [2.24, 2.45) is 0 Å². The van der Waals surface area contributed by atoms with Crippen LogP contribution in [0.15, 0.2) is 40.6 Å². The summed E-state index contributed by atoms with van der Waals surface area (Å²) in [5.41, 5.74) is 1.57. The number of nitrogens with zero attached hydrogens (tertiary/aromatic N) is 5. The predicted molar refractivity (Wildman–Crippen MR) is 103 cm³/mol. The van der Waals surface area contributed by atoms with Crippen molar-refractivity contribution in [3.05, 3.63) is 46.3 Å². The number of fused-ring (bicyclic) bond motifs is 1. The molecular formula is C18H21N5O2S. The topological polar surface area (TPSA) is 63.4 Å². The minimum atomic E-state index is -0.122. The molecule has 26 heavy (non-hydrogen) atoms. The first-order valence-electron chi connectivity index (χ1n) is 8.79. The van der Waals surface area contributed by atoms with Gasteiger partial charge in [-0.1, -0.05) is 12.1 Å². The van der Waals surface area contributed by atoms with Gasteiger partial charge in [-0.05, 0) is 19.1 Å². The maximum atomic E-state index is 12.8. The van der Waals surface area contributed by atoms with Gasteiger partial charge < -0.3 is 9.80 Å². The van der Waals surface area contributed by atoms with E-state index in [-0.39, 0.29) is 18.1 Å². The molecule has 3 heterocycles. The summed E-state index contributed by atoms with van der Waals surface area (Å²) < 4.78 is 3.30. The number of hydrogen-bond donors (Lipinski definition) is 0. The second kappa shape index (κ2) is 6.95. The van der Waals surface area contributed by atoms with Crippen LogP contribution < -0.4 is 10.6 Å². The maximum Gasteiger partial charge on any atom is 0.329 e. The van der Waals surface area contributed by atoms with Crippen molar-refractivity contribution in [3.8, 4) is 0 Å². The minimum Gasteiger partial charge on any atom is -0.345 e. The lowest BCUT2D eigenvalue weighted by Gasteiger charge is -2.34. The molecule has 0 atom stereocenters. The van der Waals surface area contributed by atoms with Crippen molar-refractivity contribution in [1.82, 2.24) is 19.0 Å². The molecule has 0 spiro atoms. The standard InChI is InChI=1S/C18H21N5O2S/c1-2-22-14-5-3-4-6-15(14)23(18(22)25)13-16(24)20-8-10-21(11-9-20)17-19-7-12-26-17/h3-7,12H,2,8-11,13H2,1H3. The molecule has 0 N–H and O–H groups in total. The molecule has 0 unspecified atom stereocenters. The van der Waals surface area contributed by atoms with Gasteiger partial charge in [0.15, 0.2) is 5.13 Å². The molecule has 0 radical (unpaired) electrons. The number of hydrogen-bond acceptors (Lipinski definition) is 5. The molecule has 1 aromatic carbocycles. The fourth-order valence-corrected chi connectivity index (χ4v) is 4.18. The van der Waals surface area contributed by atoms with Gasteiger partial charge in [-0.3, -0.25) is 13.9 Å². The third-order valence-corrected chi connectivity index (χ3v) is 5.69. The van der Waals surface area contributed by atoms with Crippen LogP contribution in [0.4, 0.5) is 5.13 Å². The largest absolute Gasteiger partial charge is 0.345 e. The van der Waals surface area contributed by atoms with Gasteiger partial charge in [-0.25, -0.2) is 9.78 Å². The van der Waals surface area contributed by atoms with Gasteiger partial charge in [0.1, 0.15) is 6.54 Å². The molecular weight excluding hydrogens is 350 g/mol. The monoisotopic (exact) mass is 371 g/mol. The van der Waals surface area contributed by atoms with Crippen LogP contribution in [0.25, 0.3) is 11.0 Å². The predicted octanol–water partition coefficient (Wildman–Crippen LogP) is 1.63. The van der Waals surface area contributed by atoms with E-state index < -0.39 is 0 Å². The van der Waals surface area contributed by atoms with Gasteiger partial charge in [0.05, 0.1) is 11.0 Å². The lowest BCUT2D eigenvalue weighted by atomic mass is 10.3. The fourth-order valence-electron chi connectivity index (χ4n) is 3.49. The first-order valence-corrected chi connectivity index (χ1v) is 9.67. The number of thiazole rings is 1. The number of piperazine rings is 1. The van der Waals surface area contributed by atoms with E-state index >= 15 is 0 Å². The lowest BCUT2D eigenvalue weighted by molar-refractivity contribution is -0.132. The molecule has 136 valence electrons. The van der Waals surface area contributed by atoms with E-state index in [2.05, 4.69) is 9.88 Å². The van der Waals surface area contributed by atoms with Crippen LogP contribution in [0, 0.1) is 0 Å². The quantitative estimate of drug-likeness (QED) is 0.699. The van der Waals surface area contributed by atoms with E-state index in [9.17, 15) is 9.59 Å². The van der Waals surface area contributed by atoms with Crippen LogP contribution in [0.1, 0.15) is 6.92 Å². The summed E-state index contributed by atoms with van der Waals surface area (Å²) in [6.07, 6.45) is 1.80. The molecule has 1 amide bonds. The van der Waals surface area contributed by atoms with Crippen LogP contribution in [-0.2, 0) is 17.9 Å². The number of carbonyl (C=O) groups excluding carboxylic acids is 1. The van der Waals surface area contributed by atoms with E-state index in [0.29, 0.717) is 19.6 Å². The number of imidazole rings is 1. The van der Waals surface area contributed by atoms with Crippen molar-refractivity contribution in [2.45, 2.75) is 20.0 Å². The zero-order valence-corrected chi connectivity index (χ0v) is 15.5. The summed E-state index contributed by atoms with van der Waals surface area (Å²) >= 11 is 1.61. The number of carbonyl (C=O) groups is 1. The van der Waals surface area contributed by atoms with E-state index in [4.69, 9.17) is 0 Å². The number of benzene rings is 1. The van der Waals surface area contributed by atoms with Gasteiger partial charge in [-0.15, -0.1) is 11.3 Å². The summed E-state index contributed by atoms with van der Waals surface area (Å²) in [6.45, 7) is 5.46. The maximum absolute atomic E-state index is 12.8. The molecule has 4 rings (SSSR count). The van der Waals surface area contributed by atoms with Crippen molar-refractivity contribution < 1.29 is 4.79 Å². The molecule has 7 nitrogen and oxygen atoms in total. The highest BCUT2D eigenvalue weighted by Gasteiger charge is 2.24. The Balaban J connectivity index is 1.50. The Morgan fingerprint density at radius 3 is 2.42 bits per heavy atom. The van der Waals surface area contributed by atoms with Gasteiger partial charge in [-0.2, -0.15) is 0 Å². The van der Waals surface area contributed by atoms with Crippen molar-refractivity contribution >= 4 is 33.4 Å². The highest BCUT2D eigenvalue weighted by Crippen LogP contribution is 2.19. The normalized spacial score (nSPS) is 15.0. The van der Waals surface area contributed by atoms with E-state index in [0.717, 1.165) is 29.3 Å². The summed E-state index contributed by atoms with van der Waals surface area (Å²) in [6, 6.07) is 7.64. The highest BCUT2D eigenvalue weighted by atomic mass is 32.1. The van der Waals surface area contributed by atoms with Gasteiger partial charge in [0, 0.05) is 44.3 Å². The molecule has 1 fully saturated rings. The van der Waals surface area contributed by atoms with Crippen LogP contribution in [0.5, 0.6) is 0 Å². The molecule has 3 aromatic rings. The molecule has 1 saturated heterocycles. The van der Waals surface area contributed by atoms with Gasteiger partial charge in [0.25, 0.3) is 0 Å². The van der Waals surface area contributed by atoms with Crippen LogP contribution in [-0.4, -0.2) is 51.1 Å². The molecule has 8 heteroatoms. The third-order valence-electron chi connectivity index (χ3n) is 4.86. The Morgan fingerprint density at radius 2 is 1.81 bits per heavy atom. The number of aryl methyl sites for hydroxylation is 1. The Labute approximate surface area is 155 Å². The molecule has 0 bridgehead atoms. The summed E-state index contributed by atoms with van der Waals surface area (Å²) in [4.78, 5) is 33.8. The zero-order chi connectivity index (χ0) is 18.1. The number of rotatable bonds is 4. The van der Waals surface area contributed by atoms with Crippen LogP contribution in [0.2, 0.25) is 0 Å². The van der Waals surface area contributed by atoms with Gasteiger partial charge in [0.2, 0.25) is 5.91 Å². The van der Waals surface area contributed by atoms with Crippen molar-refractivity contribution in [2.75, 3.05) is 31.1 Å².